The van der Waals surface area contributed by atoms with E-state index in [2.05, 4.69) is 10.3 Å². The molecule has 1 aromatic rings. The topological polar surface area (TPSA) is 56.2 Å². The van der Waals surface area contributed by atoms with Gasteiger partial charge in [-0.25, -0.2) is 14.3 Å². The standard InChI is InChI=1S/C14H23N3O2/c1-14(2,3)19-13(18)17-9-12(16-10-17)8-11-4-6-15-7-5-11/h9-11,15H,4-8H2,1-3H3. The van der Waals surface area contributed by atoms with Gasteiger partial charge in [0.15, 0.2) is 0 Å². The van der Waals surface area contributed by atoms with Gasteiger partial charge in [0.2, 0.25) is 0 Å². The normalized spacial score (nSPS) is 17.4. The van der Waals surface area contributed by atoms with Crippen LogP contribution in [-0.4, -0.2) is 34.3 Å². The van der Waals surface area contributed by atoms with Crippen molar-refractivity contribution in [1.82, 2.24) is 14.9 Å². The summed E-state index contributed by atoms with van der Waals surface area (Å²) in [4.78, 5) is 16.2. The minimum absolute atomic E-state index is 0.364. The van der Waals surface area contributed by atoms with Crippen LogP contribution in [0.5, 0.6) is 0 Å². The van der Waals surface area contributed by atoms with E-state index >= 15 is 0 Å². The predicted octanol–water partition coefficient (Wildman–Crippen LogP) is 2.21. The molecular weight excluding hydrogens is 242 g/mol. The highest BCUT2D eigenvalue weighted by Crippen LogP contribution is 2.17. The molecule has 0 unspecified atom stereocenters. The molecule has 19 heavy (non-hydrogen) atoms. The molecule has 1 saturated heterocycles. The largest absolute Gasteiger partial charge is 0.443 e. The van der Waals surface area contributed by atoms with E-state index in [-0.39, 0.29) is 6.09 Å². The number of aromatic nitrogens is 2. The zero-order chi connectivity index (χ0) is 13.9. The van der Waals surface area contributed by atoms with Crippen LogP contribution in [0.15, 0.2) is 12.5 Å². The average molecular weight is 265 g/mol. The number of nitrogens with one attached hydrogen (secondary N) is 1. The maximum absolute atomic E-state index is 11.9. The van der Waals surface area contributed by atoms with Gasteiger partial charge in [-0.2, -0.15) is 0 Å². The van der Waals surface area contributed by atoms with Crippen molar-refractivity contribution < 1.29 is 9.53 Å². The van der Waals surface area contributed by atoms with E-state index in [4.69, 9.17) is 4.74 Å². The predicted molar refractivity (Wildman–Crippen MR) is 73.2 cm³/mol. The molecule has 1 aliphatic heterocycles. The monoisotopic (exact) mass is 265 g/mol. The van der Waals surface area contributed by atoms with Gasteiger partial charge in [0, 0.05) is 6.20 Å². The fourth-order valence-corrected chi connectivity index (χ4v) is 2.27. The summed E-state index contributed by atoms with van der Waals surface area (Å²) < 4.78 is 6.73. The van der Waals surface area contributed by atoms with Gasteiger partial charge in [0.25, 0.3) is 0 Å². The zero-order valence-corrected chi connectivity index (χ0v) is 12.0. The van der Waals surface area contributed by atoms with E-state index < -0.39 is 5.60 Å². The number of nitrogens with zero attached hydrogens (tertiary/aromatic N) is 2. The highest BCUT2D eigenvalue weighted by atomic mass is 16.6. The molecule has 0 aliphatic carbocycles. The van der Waals surface area contributed by atoms with Crippen LogP contribution in [0.1, 0.15) is 39.3 Å². The Hall–Kier alpha value is -1.36. The maximum atomic E-state index is 11.9. The summed E-state index contributed by atoms with van der Waals surface area (Å²) in [7, 11) is 0. The molecular formula is C14H23N3O2. The fraction of sp³-hybridized carbons (Fsp3) is 0.714. The van der Waals surface area contributed by atoms with Crippen molar-refractivity contribution in [1.29, 1.82) is 0 Å². The zero-order valence-electron chi connectivity index (χ0n) is 12.0. The molecule has 2 rings (SSSR count). The Labute approximate surface area is 114 Å². The van der Waals surface area contributed by atoms with E-state index in [1.54, 1.807) is 12.5 Å². The van der Waals surface area contributed by atoms with Crippen molar-refractivity contribution in [3.05, 3.63) is 18.2 Å². The number of carbonyl (C=O) groups excluding carboxylic acids is 1. The van der Waals surface area contributed by atoms with E-state index in [0.29, 0.717) is 5.92 Å². The molecule has 0 saturated carbocycles. The Balaban J connectivity index is 1.92. The Morgan fingerprint density at radius 3 is 2.79 bits per heavy atom. The number of rotatable bonds is 2. The quantitative estimate of drug-likeness (QED) is 0.890. The van der Waals surface area contributed by atoms with Crippen LogP contribution in [-0.2, 0) is 11.2 Å². The first-order valence-corrected chi connectivity index (χ1v) is 6.91. The summed E-state index contributed by atoms with van der Waals surface area (Å²) in [6.07, 6.45) is 6.27. The highest BCUT2D eigenvalue weighted by Gasteiger charge is 2.19. The molecule has 1 fully saturated rings. The lowest BCUT2D eigenvalue weighted by molar-refractivity contribution is 0.0536. The van der Waals surface area contributed by atoms with Crippen LogP contribution in [0.25, 0.3) is 0 Å². The lowest BCUT2D eigenvalue weighted by Crippen LogP contribution is -2.28. The molecule has 5 nitrogen and oxygen atoms in total. The van der Waals surface area contributed by atoms with Gasteiger partial charge < -0.3 is 10.1 Å². The molecule has 0 bridgehead atoms. The van der Waals surface area contributed by atoms with Crippen LogP contribution in [0.4, 0.5) is 4.79 Å². The fourth-order valence-electron chi connectivity index (χ4n) is 2.27. The number of imidazole rings is 1. The number of hydrogen-bond donors (Lipinski definition) is 1. The molecule has 0 aromatic carbocycles. The van der Waals surface area contributed by atoms with Crippen LogP contribution < -0.4 is 5.32 Å². The van der Waals surface area contributed by atoms with Crippen LogP contribution in [0.3, 0.4) is 0 Å². The minimum Gasteiger partial charge on any atom is -0.443 e. The van der Waals surface area contributed by atoms with E-state index in [0.717, 1.165) is 25.2 Å². The third-order valence-corrected chi connectivity index (χ3v) is 3.20. The first-order valence-electron chi connectivity index (χ1n) is 6.91. The maximum Gasteiger partial charge on any atom is 0.419 e. The minimum atomic E-state index is -0.476. The average Bonchev–Trinajstić information content (AvgIpc) is 2.77. The van der Waals surface area contributed by atoms with Crippen LogP contribution in [0.2, 0.25) is 0 Å². The molecule has 1 aliphatic rings. The van der Waals surface area contributed by atoms with E-state index in [1.807, 2.05) is 20.8 Å². The van der Waals surface area contributed by atoms with Crippen molar-refractivity contribution in [2.45, 2.75) is 45.6 Å². The first kappa shape index (κ1) is 14.1. The summed E-state index contributed by atoms with van der Waals surface area (Å²) in [6.45, 7) is 7.74. The van der Waals surface area contributed by atoms with Gasteiger partial charge >= 0.3 is 6.09 Å². The molecule has 1 N–H and O–H groups in total. The Morgan fingerprint density at radius 1 is 1.47 bits per heavy atom. The molecule has 5 heteroatoms. The molecule has 106 valence electrons. The van der Waals surface area contributed by atoms with Gasteiger partial charge in [-0.05, 0) is 59.0 Å². The third-order valence-electron chi connectivity index (χ3n) is 3.20. The van der Waals surface area contributed by atoms with Crippen molar-refractivity contribution >= 4 is 6.09 Å². The number of hydrogen-bond acceptors (Lipinski definition) is 4. The number of carbonyl (C=O) groups is 1. The Kier molecular flexibility index (Phi) is 4.24. The summed E-state index contributed by atoms with van der Waals surface area (Å²) in [5.41, 5.74) is 0.495. The summed E-state index contributed by atoms with van der Waals surface area (Å²) in [5, 5.41) is 3.35. The van der Waals surface area contributed by atoms with Crippen molar-refractivity contribution in [3.8, 4) is 0 Å². The highest BCUT2D eigenvalue weighted by molar-refractivity contribution is 5.70. The van der Waals surface area contributed by atoms with Gasteiger partial charge in [-0.15, -0.1) is 0 Å². The smallest absolute Gasteiger partial charge is 0.419 e. The van der Waals surface area contributed by atoms with Gasteiger partial charge in [0.05, 0.1) is 5.69 Å². The second kappa shape index (κ2) is 5.74. The number of ether oxygens (including phenoxy) is 1. The second-order valence-corrected chi connectivity index (χ2v) is 6.15. The van der Waals surface area contributed by atoms with Gasteiger partial charge in [-0.1, -0.05) is 0 Å². The molecule has 0 atom stereocenters. The molecule has 0 spiro atoms. The third kappa shape index (κ3) is 4.35. The van der Waals surface area contributed by atoms with Crippen LogP contribution in [0, 0.1) is 5.92 Å². The lowest BCUT2D eigenvalue weighted by atomic mass is 9.93. The van der Waals surface area contributed by atoms with E-state index in [1.165, 1.54) is 17.4 Å². The van der Waals surface area contributed by atoms with Crippen LogP contribution >= 0.6 is 0 Å². The van der Waals surface area contributed by atoms with Crippen molar-refractivity contribution in [3.63, 3.8) is 0 Å². The van der Waals surface area contributed by atoms with E-state index in [9.17, 15) is 4.79 Å². The summed E-state index contributed by atoms with van der Waals surface area (Å²) in [6, 6.07) is 0. The van der Waals surface area contributed by atoms with Crippen molar-refractivity contribution in [2.24, 2.45) is 5.92 Å². The van der Waals surface area contributed by atoms with Crippen molar-refractivity contribution in [2.75, 3.05) is 13.1 Å². The SMILES string of the molecule is CC(C)(C)OC(=O)n1cnc(CC2CCNCC2)c1. The molecule has 0 amide bonds. The molecule has 0 radical (unpaired) electrons. The van der Waals surface area contributed by atoms with Gasteiger partial charge in [0.1, 0.15) is 11.9 Å². The van der Waals surface area contributed by atoms with Gasteiger partial charge in [-0.3, -0.25) is 0 Å². The Morgan fingerprint density at radius 2 is 2.16 bits per heavy atom. The summed E-state index contributed by atoms with van der Waals surface area (Å²) in [5.74, 6) is 0.670. The number of piperidine rings is 1. The Bertz CT molecular complexity index is 428. The first-order chi connectivity index (χ1) is 8.94. The lowest BCUT2D eigenvalue weighted by Gasteiger charge is -2.21. The second-order valence-electron chi connectivity index (χ2n) is 6.15. The summed E-state index contributed by atoms with van der Waals surface area (Å²) >= 11 is 0. The molecule has 1 aromatic heterocycles. The molecule has 2 heterocycles.